The van der Waals surface area contributed by atoms with Crippen LogP contribution in [0, 0.1) is 5.41 Å². The van der Waals surface area contributed by atoms with E-state index in [0.29, 0.717) is 22.7 Å². The van der Waals surface area contributed by atoms with E-state index in [0.717, 1.165) is 24.4 Å². The van der Waals surface area contributed by atoms with Gasteiger partial charge in [-0.3, -0.25) is 4.90 Å². The Hall–Kier alpha value is -0.970. The first-order valence-electron chi connectivity index (χ1n) is 7.53. The highest BCUT2D eigenvalue weighted by Crippen LogP contribution is 2.42. The number of benzene rings is 1. The quantitative estimate of drug-likeness (QED) is 0.931. The van der Waals surface area contributed by atoms with Gasteiger partial charge in [-0.15, -0.1) is 0 Å². The van der Waals surface area contributed by atoms with E-state index in [2.05, 4.69) is 18.7 Å². The largest absolute Gasteiger partial charge is 0.454 e. The lowest BCUT2D eigenvalue weighted by Gasteiger charge is -2.42. The van der Waals surface area contributed by atoms with Crippen LogP contribution in [0.5, 0.6) is 11.5 Å². The zero-order valence-corrected chi connectivity index (χ0v) is 13.4. The van der Waals surface area contributed by atoms with Crippen LogP contribution in [0.25, 0.3) is 0 Å². The van der Waals surface area contributed by atoms with Crippen molar-refractivity contribution in [1.82, 2.24) is 4.90 Å². The van der Waals surface area contributed by atoms with E-state index >= 15 is 0 Å². The predicted molar refractivity (Wildman–Crippen MR) is 84.0 cm³/mol. The lowest BCUT2D eigenvalue weighted by molar-refractivity contribution is 0.0806. The molecule has 1 fully saturated rings. The third kappa shape index (κ3) is 2.98. The van der Waals surface area contributed by atoms with Crippen molar-refractivity contribution in [2.24, 2.45) is 11.1 Å². The van der Waals surface area contributed by atoms with Gasteiger partial charge in [-0.25, -0.2) is 0 Å². The van der Waals surface area contributed by atoms with E-state index in [1.807, 2.05) is 12.1 Å². The molecule has 1 atom stereocenters. The average molecular weight is 311 g/mol. The summed E-state index contributed by atoms with van der Waals surface area (Å²) in [5.74, 6) is 1.38. The van der Waals surface area contributed by atoms with Crippen molar-refractivity contribution >= 4 is 11.6 Å². The number of fused-ring (bicyclic) bond motifs is 1. The maximum Gasteiger partial charge on any atom is 0.231 e. The Morgan fingerprint density at radius 2 is 2.19 bits per heavy atom. The van der Waals surface area contributed by atoms with Crippen LogP contribution in [0.15, 0.2) is 12.1 Å². The van der Waals surface area contributed by atoms with Crippen LogP contribution in [0.2, 0.25) is 5.02 Å². The molecular formula is C16H23ClN2O2. The fourth-order valence-corrected chi connectivity index (χ4v) is 3.68. The van der Waals surface area contributed by atoms with E-state index in [1.165, 1.54) is 12.8 Å². The van der Waals surface area contributed by atoms with E-state index in [9.17, 15) is 0 Å². The van der Waals surface area contributed by atoms with Crippen molar-refractivity contribution in [1.29, 1.82) is 0 Å². The van der Waals surface area contributed by atoms with Crippen LogP contribution in [-0.4, -0.2) is 31.3 Å². The summed E-state index contributed by atoms with van der Waals surface area (Å²) in [6, 6.07) is 4.17. The zero-order chi connectivity index (χ0) is 15.0. The van der Waals surface area contributed by atoms with Gasteiger partial charge in [0.25, 0.3) is 0 Å². The molecule has 0 amide bonds. The smallest absolute Gasteiger partial charge is 0.231 e. The Labute approximate surface area is 131 Å². The molecule has 2 N–H and O–H groups in total. The molecule has 21 heavy (non-hydrogen) atoms. The highest BCUT2D eigenvalue weighted by Gasteiger charge is 2.31. The molecule has 0 radical (unpaired) electrons. The number of rotatable bonds is 3. The topological polar surface area (TPSA) is 47.7 Å². The van der Waals surface area contributed by atoms with E-state index in [-0.39, 0.29) is 12.8 Å². The maximum absolute atomic E-state index is 6.31. The molecule has 1 aromatic rings. The summed E-state index contributed by atoms with van der Waals surface area (Å²) >= 11 is 6.31. The van der Waals surface area contributed by atoms with Crippen LogP contribution in [-0.2, 0) is 0 Å². The number of piperidine rings is 1. The molecule has 1 unspecified atom stereocenters. The second-order valence-electron chi connectivity index (χ2n) is 6.73. The molecule has 2 heterocycles. The van der Waals surface area contributed by atoms with E-state index < -0.39 is 0 Å². The van der Waals surface area contributed by atoms with Crippen LogP contribution < -0.4 is 15.2 Å². The molecule has 3 rings (SSSR count). The summed E-state index contributed by atoms with van der Waals surface area (Å²) in [5.41, 5.74) is 7.52. The molecule has 1 aromatic carbocycles. The second kappa shape index (κ2) is 5.67. The maximum atomic E-state index is 6.31. The summed E-state index contributed by atoms with van der Waals surface area (Å²) < 4.78 is 10.9. The van der Waals surface area contributed by atoms with E-state index in [1.54, 1.807) is 0 Å². The van der Waals surface area contributed by atoms with Gasteiger partial charge in [0.05, 0.1) is 5.02 Å². The lowest BCUT2D eigenvalue weighted by atomic mass is 9.83. The number of nitrogens with two attached hydrogens (primary N) is 1. The van der Waals surface area contributed by atoms with Crippen molar-refractivity contribution in [3.63, 3.8) is 0 Å². The molecule has 0 aromatic heterocycles. The van der Waals surface area contributed by atoms with Crippen molar-refractivity contribution in [2.75, 3.05) is 26.4 Å². The lowest BCUT2D eigenvalue weighted by Crippen LogP contribution is -2.44. The average Bonchev–Trinajstić information content (AvgIpc) is 2.87. The van der Waals surface area contributed by atoms with Gasteiger partial charge in [0.15, 0.2) is 11.5 Å². The van der Waals surface area contributed by atoms with Gasteiger partial charge in [0.2, 0.25) is 6.79 Å². The number of hydrogen-bond donors (Lipinski definition) is 1. The first-order chi connectivity index (χ1) is 10.00. The first kappa shape index (κ1) is 14.9. The van der Waals surface area contributed by atoms with Gasteiger partial charge < -0.3 is 15.2 Å². The first-order valence-corrected chi connectivity index (χ1v) is 7.91. The molecule has 4 nitrogen and oxygen atoms in total. The van der Waals surface area contributed by atoms with Gasteiger partial charge in [-0.05, 0) is 42.5 Å². The fraction of sp³-hybridized carbons (Fsp3) is 0.625. The fourth-order valence-electron chi connectivity index (χ4n) is 3.41. The summed E-state index contributed by atoms with van der Waals surface area (Å²) in [6.45, 7) is 7.59. The number of nitrogens with zero attached hydrogens (tertiary/aromatic N) is 1. The molecule has 5 heteroatoms. The molecule has 0 aliphatic carbocycles. The molecule has 1 saturated heterocycles. The normalized spacial score (nSPS) is 22.3. The highest BCUT2D eigenvalue weighted by molar-refractivity contribution is 6.32. The van der Waals surface area contributed by atoms with Crippen LogP contribution >= 0.6 is 11.6 Å². The van der Waals surface area contributed by atoms with Gasteiger partial charge in [0.1, 0.15) is 0 Å². The number of hydrogen-bond acceptors (Lipinski definition) is 4. The van der Waals surface area contributed by atoms with Crippen molar-refractivity contribution < 1.29 is 9.47 Å². The summed E-state index contributed by atoms with van der Waals surface area (Å²) in [6.07, 6.45) is 2.48. The minimum atomic E-state index is 0.177. The summed E-state index contributed by atoms with van der Waals surface area (Å²) in [5, 5.41) is 0.606. The minimum Gasteiger partial charge on any atom is -0.454 e. The summed E-state index contributed by atoms with van der Waals surface area (Å²) in [7, 11) is 0. The highest BCUT2D eigenvalue weighted by atomic mass is 35.5. The Morgan fingerprint density at radius 3 is 2.90 bits per heavy atom. The number of halogens is 1. The molecule has 116 valence electrons. The molecule has 0 saturated carbocycles. The van der Waals surface area contributed by atoms with Gasteiger partial charge in [-0.1, -0.05) is 25.4 Å². The Bertz CT molecular complexity index is 533. The monoisotopic (exact) mass is 310 g/mol. The molecular weight excluding hydrogens is 288 g/mol. The van der Waals surface area contributed by atoms with E-state index in [4.69, 9.17) is 26.8 Å². The molecule has 0 spiro atoms. The van der Waals surface area contributed by atoms with Gasteiger partial charge in [-0.2, -0.15) is 0 Å². The molecule has 2 aliphatic heterocycles. The van der Waals surface area contributed by atoms with Gasteiger partial charge >= 0.3 is 0 Å². The van der Waals surface area contributed by atoms with Gasteiger partial charge in [0, 0.05) is 19.1 Å². The molecule has 0 bridgehead atoms. The standard InChI is InChI=1S/C16H23ClN2O2/c1-16(2)4-3-5-19(9-16)13(8-18)11-6-12(17)15-14(7-11)20-10-21-15/h6-7,13H,3-5,8-10,18H2,1-2H3. The Balaban J connectivity index is 1.88. The third-order valence-corrected chi connectivity index (χ3v) is 4.71. The van der Waals surface area contributed by atoms with Crippen LogP contribution in [0.1, 0.15) is 38.3 Å². The minimum absolute atomic E-state index is 0.177. The van der Waals surface area contributed by atoms with Crippen molar-refractivity contribution in [3.8, 4) is 11.5 Å². The Morgan fingerprint density at radius 1 is 1.38 bits per heavy atom. The molecule has 2 aliphatic rings. The van der Waals surface area contributed by atoms with Crippen molar-refractivity contribution in [3.05, 3.63) is 22.7 Å². The third-order valence-electron chi connectivity index (χ3n) is 4.43. The number of likely N-dealkylation sites (tertiary alicyclic amines) is 1. The Kier molecular flexibility index (Phi) is 4.04. The zero-order valence-electron chi connectivity index (χ0n) is 12.7. The number of ether oxygens (including phenoxy) is 2. The second-order valence-corrected chi connectivity index (χ2v) is 7.13. The van der Waals surface area contributed by atoms with Crippen LogP contribution in [0.3, 0.4) is 0 Å². The predicted octanol–water partition coefficient (Wildman–Crippen LogP) is 3.19. The SMILES string of the molecule is CC1(C)CCCN(C(CN)c2cc(Cl)c3c(c2)OCO3)C1. The van der Waals surface area contributed by atoms with Crippen molar-refractivity contribution in [2.45, 2.75) is 32.7 Å². The summed E-state index contributed by atoms with van der Waals surface area (Å²) in [4.78, 5) is 2.47. The van der Waals surface area contributed by atoms with Crippen LogP contribution in [0.4, 0.5) is 0 Å².